The minimum atomic E-state index is 0.155. The average Bonchev–Trinajstić information content (AvgIpc) is 2.23. The fraction of sp³-hybridized carbons (Fsp3) is 0.750. The first-order valence-electron chi connectivity index (χ1n) is 5.63. The van der Waals surface area contributed by atoms with E-state index in [9.17, 15) is 4.79 Å². The summed E-state index contributed by atoms with van der Waals surface area (Å²) in [5, 5.41) is 0. The van der Waals surface area contributed by atoms with E-state index in [4.69, 9.17) is 0 Å². The van der Waals surface area contributed by atoms with Gasteiger partial charge in [0.1, 0.15) is 6.29 Å². The number of hydrogen-bond acceptors (Lipinski definition) is 2. The largest absolute Gasteiger partial charge is 0.302 e. The molecule has 1 aliphatic carbocycles. The summed E-state index contributed by atoms with van der Waals surface area (Å²) in [5.74, 6) is 0.879. The molecule has 2 heteroatoms. The fourth-order valence-electron chi connectivity index (χ4n) is 3.17. The third-order valence-corrected chi connectivity index (χ3v) is 3.98. The molecule has 78 valence electrons. The quantitative estimate of drug-likeness (QED) is 0.505. The molecule has 1 aliphatic heterocycles. The molecule has 0 unspecified atom stereocenters. The summed E-state index contributed by atoms with van der Waals surface area (Å²) >= 11 is 0. The van der Waals surface area contributed by atoms with Crippen LogP contribution in [0.1, 0.15) is 32.1 Å². The van der Waals surface area contributed by atoms with Crippen molar-refractivity contribution in [3.63, 3.8) is 0 Å². The topological polar surface area (TPSA) is 20.3 Å². The van der Waals surface area contributed by atoms with Crippen LogP contribution in [-0.2, 0) is 4.79 Å². The van der Waals surface area contributed by atoms with Crippen LogP contribution in [0, 0.1) is 5.92 Å². The highest BCUT2D eigenvalue weighted by Crippen LogP contribution is 2.42. The van der Waals surface area contributed by atoms with Gasteiger partial charge >= 0.3 is 0 Å². The lowest BCUT2D eigenvalue weighted by Crippen LogP contribution is -2.55. The molecule has 0 spiro atoms. The van der Waals surface area contributed by atoms with Crippen LogP contribution in [0.2, 0.25) is 0 Å². The van der Waals surface area contributed by atoms with Crippen LogP contribution in [0.15, 0.2) is 12.7 Å². The summed E-state index contributed by atoms with van der Waals surface area (Å²) in [7, 11) is 0. The molecular weight excluding hydrogens is 174 g/mol. The molecule has 0 radical (unpaired) electrons. The Morgan fingerprint density at radius 1 is 1.50 bits per heavy atom. The summed E-state index contributed by atoms with van der Waals surface area (Å²) in [4.78, 5) is 12.9. The first kappa shape index (κ1) is 9.91. The smallest absolute Gasteiger partial charge is 0.134 e. The normalized spacial score (nSPS) is 37.9. The van der Waals surface area contributed by atoms with Gasteiger partial charge in [0.2, 0.25) is 0 Å². The standard InChI is InChI=1S/C12H19NO/c1-2-12-6-3-4-11(10-12)5-7-13(12)8-9-14/h2,9,11H,1,3-8,10H2/t11-,12-/m0/s1. The number of aldehydes is 1. The van der Waals surface area contributed by atoms with Gasteiger partial charge in [0.25, 0.3) is 0 Å². The van der Waals surface area contributed by atoms with Crippen molar-refractivity contribution >= 4 is 6.29 Å². The number of hydrogen-bond donors (Lipinski definition) is 0. The summed E-state index contributed by atoms with van der Waals surface area (Å²) < 4.78 is 0. The second kappa shape index (κ2) is 3.85. The lowest BCUT2D eigenvalue weighted by molar-refractivity contribution is -0.111. The second-order valence-corrected chi connectivity index (χ2v) is 4.67. The van der Waals surface area contributed by atoms with Crippen LogP contribution in [-0.4, -0.2) is 29.8 Å². The number of carbonyl (C=O) groups excluding carboxylic acids is 1. The van der Waals surface area contributed by atoms with Crippen LogP contribution >= 0.6 is 0 Å². The molecule has 0 N–H and O–H groups in total. The Balaban J connectivity index is 2.17. The second-order valence-electron chi connectivity index (χ2n) is 4.67. The Hall–Kier alpha value is -0.630. The predicted octanol–water partition coefficient (Wildman–Crippen LogP) is 2.01. The summed E-state index contributed by atoms with van der Waals surface area (Å²) in [6, 6.07) is 0. The van der Waals surface area contributed by atoms with E-state index in [0.717, 1.165) is 18.7 Å². The molecule has 0 aromatic rings. The Morgan fingerprint density at radius 3 is 3.07 bits per heavy atom. The minimum absolute atomic E-state index is 0.155. The van der Waals surface area contributed by atoms with Crippen molar-refractivity contribution in [1.82, 2.24) is 4.90 Å². The monoisotopic (exact) mass is 193 g/mol. The lowest BCUT2D eigenvalue weighted by Gasteiger charge is -2.51. The molecule has 1 saturated heterocycles. The van der Waals surface area contributed by atoms with E-state index in [2.05, 4.69) is 17.6 Å². The van der Waals surface area contributed by atoms with E-state index in [1.165, 1.54) is 32.1 Å². The van der Waals surface area contributed by atoms with E-state index in [-0.39, 0.29) is 5.54 Å². The van der Waals surface area contributed by atoms with Crippen LogP contribution in [0.25, 0.3) is 0 Å². The molecule has 14 heavy (non-hydrogen) atoms. The minimum Gasteiger partial charge on any atom is -0.302 e. The fourth-order valence-corrected chi connectivity index (χ4v) is 3.17. The van der Waals surface area contributed by atoms with Crippen molar-refractivity contribution in [3.8, 4) is 0 Å². The van der Waals surface area contributed by atoms with Crippen molar-refractivity contribution in [2.45, 2.75) is 37.6 Å². The molecule has 1 heterocycles. The van der Waals surface area contributed by atoms with Gasteiger partial charge in [0.05, 0.1) is 6.54 Å². The molecular formula is C12H19NO. The van der Waals surface area contributed by atoms with E-state index in [1.807, 2.05) is 0 Å². The number of piperidine rings is 1. The number of fused-ring (bicyclic) bond motifs is 2. The molecule has 2 bridgehead atoms. The number of rotatable bonds is 3. The van der Waals surface area contributed by atoms with Gasteiger partial charge in [0.15, 0.2) is 0 Å². The summed E-state index contributed by atoms with van der Waals surface area (Å²) in [6.45, 7) is 5.63. The van der Waals surface area contributed by atoms with Gasteiger partial charge in [-0.2, -0.15) is 0 Å². The third kappa shape index (κ3) is 1.52. The van der Waals surface area contributed by atoms with E-state index >= 15 is 0 Å². The Kier molecular flexibility index (Phi) is 2.73. The van der Waals surface area contributed by atoms with Gasteiger partial charge in [-0.25, -0.2) is 0 Å². The van der Waals surface area contributed by atoms with E-state index in [1.54, 1.807) is 0 Å². The van der Waals surface area contributed by atoms with E-state index < -0.39 is 0 Å². The molecule has 2 atom stereocenters. The zero-order chi connectivity index (χ0) is 10.0. The van der Waals surface area contributed by atoms with Crippen molar-refractivity contribution in [2.75, 3.05) is 13.1 Å². The maximum Gasteiger partial charge on any atom is 0.134 e. The van der Waals surface area contributed by atoms with Crippen LogP contribution in [0.3, 0.4) is 0 Å². The van der Waals surface area contributed by atoms with Gasteiger partial charge in [-0.1, -0.05) is 18.9 Å². The number of nitrogens with zero attached hydrogens (tertiary/aromatic N) is 1. The van der Waals surface area contributed by atoms with Crippen molar-refractivity contribution in [1.29, 1.82) is 0 Å². The maximum absolute atomic E-state index is 10.6. The highest BCUT2D eigenvalue weighted by atomic mass is 16.1. The highest BCUT2D eigenvalue weighted by molar-refractivity contribution is 5.52. The summed E-state index contributed by atoms with van der Waals surface area (Å²) in [5.41, 5.74) is 0.155. The van der Waals surface area contributed by atoms with Gasteiger partial charge < -0.3 is 4.79 Å². The first-order valence-corrected chi connectivity index (χ1v) is 5.63. The molecule has 2 nitrogen and oxygen atoms in total. The zero-order valence-electron chi connectivity index (χ0n) is 8.74. The lowest BCUT2D eigenvalue weighted by atomic mass is 9.70. The molecule has 0 amide bonds. The third-order valence-electron chi connectivity index (χ3n) is 3.98. The molecule has 2 rings (SSSR count). The van der Waals surface area contributed by atoms with Gasteiger partial charge in [-0.15, -0.1) is 6.58 Å². The highest BCUT2D eigenvalue weighted by Gasteiger charge is 2.41. The van der Waals surface area contributed by atoms with Gasteiger partial charge in [0, 0.05) is 5.54 Å². The maximum atomic E-state index is 10.6. The van der Waals surface area contributed by atoms with Crippen molar-refractivity contribution in [3.05, 3.63) is 12.7 Å². The van der Waals surface area contributed by atoms with E-state index in [0.29, 0.717) is 6.54 Å². The van der Waals surface area contributed by atoms with Gasteiger partial charge in [-0.05, 0) is 31.7 Å². The van der Waals surface area contributed by atoms with Crippen LogP contribution in [0.4, 0.5) is 0 Å². The molecule has 0 aromatic heterocycles. The Labute approximate surface area is 86.0 Å². The van der Waals surface area contributed by atoms with Crippen LogP contribution in [0.5, 0.6) is 0 Å². The Morgan fingerprint density at radius 2 is 2.36 bits per heavy atom. The SMILES string of the molecule is C=C[C@@]12CCC[C@@H](CCN1CC=O)C2. The predicted molar refractivity (Wildman–Crippen MR) is 57.1 cm³/mol. The van der Waals surface area contributed by atoms with Crippen LogP contribution < -0.4 is 0 Å². The first-order chi connectivity index (χ1) is 6.80. The zero-order valence-corrected chi connectivity index (χ0v) is 8.74. The average molecular weight is 193 g/mol. The van der Waals surface area contributed by atoms with Crippen molar-refractivity contribution in [2.24, 2.45) is 5.92 Å². The molecule has 0 aromatic carbocycles. The Bertz CT molecular complexity index is 238. The molecule has 1 saturated carbocycles. The van der Waals surface area contributed by atoms with Crippen molar-refractivity contribution < 1.29 is 4.79 Å². The summed E-state index contributed by atoms with van der Waals surface area (Å²) in [6.07, 6.45) is 9.48. The molecule has 2 aliphatic rings. The van der Waals surface area contributed by atoms with Gasteiger partial charge in [-0.3, -0.25) is 4.90 Å². The number of carbonyl (C=O) groups is 1. The number of likely N-dealkylation sites (tertiary alicyclic amines) is 1. The molecule has 2 fully saturated rings.